The van der Waals surface area contributed by atoms with E-state index in [2.05, 4.69) is 10.5 Å². The van der Waals surface area contributed by atoms with Gasteiger partial charge in [0.1, 0.15) is 11.5 Å². The number of methoxy groups -OCH3 is 2. The minimum atomic E-state index is -0.0401. The van der Waals surface area contributed by atoms with E-state index in [-0.39, 0.29) is 5.91 Å². The number of carbonyl (C=O) groups excluding carboxylic acids is 1. The van der Waals surface area contributed by atoms with Crippen molar-refractivity contribution >= 4 is 34.9 Å². The molecular formula is C29H28ClN3O4S. The van der Waals surface area contributed by atoms with E-state index in [1.54, 1.807) is 42.7 Å². The highest BCUT2D eigenvalue weighted by molar-refractivity contribution is 7.10. The molecule has 0 atom stereocenters. The Balaban J connectivity index is 1.24. The van der Waals surface area contributed by atoms with E-state index in [1.807, 2.05) is 42.2 Å². The number of piperidine rings is 1. The summed E-state index contributed by atoms with van der Waals surface area (Å²) in [7, 11) is 3.09. The summed E-state index contributed by atoms with van der Waals surface area (Å²) in [5, 5.41) is 7.86. The van der Waals surface area contributed by atoms with Crippen molar-refractivity contribution < 1.29 is 18.8 Å². The van der Waals surface area contributed by atoms with Crippen molar-refractivity contribution in [3.8, 4) is 34.0 Å². The first kappa shape index (κ1) is 26.0. The van der Waals surface area contributed by atoms with Crippen LogP contribution < -0.4 is 9.47 Å². The number of halogens is 1. The quantitative estimate of drug-likeness (QED) is 0.234. The van der Waals surface area contributed by atoms with Gasteiger partial charge in [-0.25, -0.2) is 4.98 Å². The predicted octanol–water partition coefficient (Wildman–Crippen LogP) is 6.86. The topological polar surface area (TPSA) is 77.7 Å². The van der Waals surface area contributed by atoms with E-state index in [4.69, 9.17) is 30.6 Å². The van der Waals surface area contributed by atoms with E-state index in [0.717, 1.165) is 46.1 Å². The fourth-order valence-electron chi connectivity index (χ4n) is 4.70. The number of likely N-dealkylation sites (tertiary alicyclic amines) is 1. The average Bonchev–Trinajstić information content (AvgIpc) is 3.59. The Morgan fingerprint density at radius 1 is 1.13 bits per heavy atom. The zero-order valence-corrected chi connectivity index (χ0v) is 23.0. The molecule has 1 aliphatic rings. The minimum absolute atomic E-state index is 0.0401. The van der Waals surface area contributed by atoms with Crippen LogP contribution in [0.4, 0.5) is 0 Å². The number of amides is 1. The average molecular weight is 550 g/mol. The summed E-state index contributed by atoms with van der Waals surface area (Å²) in [4.78, 5) is 19.7. The maximum absolute atomic E-state index is 12.9. The summed E-state index contributed by atoms with van der Waals surface area (Å²) in [6.07, 6.45) is 5.00. The predicted molar refractivity (Wildman–Crippen MR) is 150 cm³/mol. The maximum Gasteiger partial charge on any atom is 0.246 e. The number of benzene rings is 2. The van der Waals surface area contributed by atoms with Crippen LogP contribution in [-0.2, 0) is 4.79 Å². The minimum Gasteiger partial charge on any atom is -0.493 e. The van der Waals surface area contributed by atoms with Gasteiger partial charge in [-0.3, -0.25) is 4.79 Å². The third kappa shape index (κ3) is 5.19. The second-order valence-corrected chi connectivity index (χ2v) is 10.3. The van der Waals surface area contributed by atoms with Crippen molar-refractivity contribution in [1.82, 2.24) is 15.0 Å². The third-order valence-corrected chi connectivity index (χ3v) is 8.16. The lowest BCUT2D eigenvalue weighted by Gasteiger charge is -2.30. The molecule has 9 heteroatoms. The molecule has 1 saturated heterocycles. The number of aryl methyl sites for hydroxylation is 1. The molecule has 5 rings (SSSR count). The molecule has 0 saturated carbocycles. The first-order valence-corrected chi connectivity index (χ1v) is 13.6. The van der Waals surface area contributed by atoms with Gasteiger partial charge in [-0.15, -0.1) is 11.3 Å². The Bertz CT molecular complexity index is 1460. The van der Waals surface area contributed by atoms with Gasteiger partial charge in [0.2, 0.25) is 5.91 Å². The number of aromatic nitrogens is 2. The largest absolute Gasteiger partial charge is 0.493 e. The second kappa shape index (κ2) is 11.4. The summed E-state index contributed by atoms with van der Waals surface area (Å²) in [6.45, 7) is 3.26. The Labute approximate surface area is 230 Å². The Hall–Kier alpha value is -3.62. The van der Waals surface area contributed by atoms with Crippen LogP contribution in [0.15, 0.2) is 58.4 Å². The molecular weight excluding hydrogens is 522 g/mol. The lowest BCUT2D eigenvalue weighted by molar-refractivity contribution is -0.126. The van der Waals surface area contributed by atoms with E-state index in [1.165, 1.54) is 7.11 Å². The number of carbonyl (C=O) groups is 1. The van der Waals surface area contributed by atoms with Crippen LogP contribution >= 0.6 is 22.9 Å². The molecule has 1 fully saturated rings. The molecule has 196 valence electrons. The van der Waals surface area contributed by atoms with Gasteiger partial charge in [-0.2, -0.15) is 0 Å². The van der Waals surface area contributed by atoms with Crippen molar-refractivity contribution in [3.05, 3.63) is 75.3 Å². The molecule has 0 radical (unpaired) electrons. The normalized spacial score (nSPS) is 14.3. The highest BCUT2D eigenvalue weighted by Gasteiger charge is 2.26. The van der Waals surface area contributed by atoms with E-state index in [9.17, 15) is 4.79 Å². The van der Waals surface area contributed by atoms with Crippen LogP contribution in [-0.4, -0.2) is 48.3 Å². The van der Waals surface area contributed by atoms with Gasteiger partial charge >= 0.3 is 0 Å². The smallest absolute Gasteiger partial charge is 0.246 e. The van der Waals surface area contributed by atoms with Gasteiger partial charge in [-0.1, -0.05) is 47.1 Å². The Morgan fingerprint density at radius 2 is 1.89 bits per heavy atom. The van der Waals surface area contributed by atoms with Crippen LogP contribution in [0.5, 0.6) is 11.5 Å². The molecule has 7 nitrogen and oxygen atoms in total. The molecule has 0 unspecified atom stereocenters. The van der Waals surface area contributed by atoms with Crippen molar-refractivity contribution in [2.75, 3.05) is 27.3 Å². The van der Waals surface area contributed by atoms with Crippen molar-refractivity contribution in [3.63, 3.8) is 0 Å². The summed E-state index contributed by atoms with van der Waals surface area (Å²) >= 11 is 8.10. The molecule has 0 N–H and O–H groups in total. The summed E-state index contributed by atoms with van der Waals surface area (Å²) in [5.74, 6) is 2.01. The van der Waals surface area contributed by atoms with Crippen LogP contribution in [0.2, 0.25) is 5.02 Å². The third-order valence-electron chi connectivity index (χ3n) is 6.76. The van der Waals surface area contributed by atoms with E-state index < -0.39 is 0 Å². The summed E-state index contributed by atoms with van der Waals surface area (Å²) < 4.78 is 16.1. The molecule has 1 amide bonds. The summed E-state index contributed by atoms with van der Waals surface area (Å²) in [5.41, 5.74) is 4.33. The Morgan fingerprint density at radius 3 is 2.61 bits per heavy atom. The first-order valence-electron chi connectivity index (χ1n) is 12.3. The van der Waals surface area contributed by atoms with Gasteiger partial charge in [0, 0.05) is 36.0 Å². The van der Waals surface area contributed by atoms with Crippen LogP contribution in [0.1, 0.15) is 35.1 Å². The Kier molecular flexibility index (Phi) is 7.81. The lowest BCUT2D eigenvalue weighted by Crippen LogP contribution is -2.36. The number of rotatable bonds is 7. The zero-order valence-electron chi connectivity index (χ0n) is 21.4. The highest BCUT2D eigenvalue weighted by Crippen LogP contribution is 2.39. The van der Waals surface area contributed by atoms with Gasteiger partial charge in [0.15, 0.2) is 11.5 Å². The van der Waals surface area contributed by atoms with Crippen LogP contribution in [0, 0.1) is 6.92 Å². The number of hydrogen-bond acceptors (Lipinski definition) is 7. The highest BCUT2D eigenvalue weighted by atomic mass is 35.5. The molecule has 1 aliphatic heterocycles. The fraction of sp³-hybridized carbons (Fsp3) is 0.276. The van der Waals surface area contributed by atoms with E-state index >= 15 is 0 Å². The molecule has 2 aromatic heterocycles. The van der Waals surface area contributed by atoms with Crippen molar-refractivity contribution in [1.29, 1.82) is 0 Å². The maximum atomic E-state index is 12.9. The van der Waals surface area contributed by atoms with Gasteiger partial charge in [0.05, 0.1) is 35.5 Å². The molecule has 0 spiro atoms. The molecule has 38 heavy (non-hydrogen) atoms. The molecule has 3 heterocycles. The van der Waals surface area contributed by atoms with Crippen LogP contribution in [0.3, 0.4) is 0 Å². The number of thiazole rings is 1. The number of nitrogens with zero attached hydrogens (tertiary/aromatic N) is 3. The van der Waals surface area contributed by atoms with Crippen molar-refractivity contribution in [2.45, 2.75) is 25.7 Å². The molecule has 0 bridgehead atoms. The lowest BCUT2D eigenvalue weighted by atomic mass is 9.97. The molecule has 2 aromatic carbocycles. The van der Waals surface area contributed by atoms with Crippen LogP contribution in [0.25, 0.3) is 28.6 Å². The number of hydrogen-bond donors (Lipinski definition) is 0. The standard InChI is InChI=1S/C29H28ClN3O4S/c1-18-25(27(32-37-18)20-7-5-4-6-8-20)22-17-38-29(31-22)21-13-15-33(16-14-21)24(34)12-10-19-9-11-23(35-2)28(36-3)26(19)30/h4-12,17,21H,13-16H2,1-3H3. The SMILES string of the molecule is COc1ccc(C=CC(=O)N2CCC(c3nc(-c4c(-c5ccccc5)noc4C)cs3)CC2)c(Cl)c1OC. The number of ether oxygens (including phenoxy) is 2. The molecule has 4 aromatic rings. The van der Waals surface area contributed by atoms with Crippen molar-refractivity contribution in [2.24, 2.45) is 0 Å². The fourth-order valence-corrected chi connectivity index (χ4v) is 5.98. The zero-order chi connectivity index (χ0) is 26.6. The van der Waals surface area contributed by atoms with Gasteiger partial charge in [0.25, 0.3) is 0 Å². The first-order chi connectivity index (χ1) is 18.5. The van der Waals surface area contributed by atoms with Gasteiger partial charge < -0.3 is 18.9 Å². The molecule has 0 aliphatic carbocycles. The monoisotopic (exact) mass is 549 g/mol. The summed E-state index contributed by atoms with van der Waals surface area (Å²) in [6, 6.07) is 13.6. The second-order valence-electron chi connectivity index (χ2n) is 9.04. The van der Waals surface area contributed by atoms with E-state index in [0.29, 0.717) is 41.1 Å². The van der Waals surface area contributed by atoms with Gasteiger partial charge in [-0.05, 0) is 43.5 Å².